The van der Waals surface area contributed by atoms with Gasteiger partial charge in [-0.05, 0) is 30.4 Å². The van der Waals surface area contributed by atoms with Gasteiger partial charge in [-0.15, -0.1) is 0 Å². The number of benzene rings is 1. The van der Waals surface area contributed by atoms with E-state index in [1.807, 2.05) is 11.8 Å². The lowest BCUT2D eigenvalue weighted by atomic mass is 9.95. The summed E-state index contributed by atoms with van der Waals surface area (Å²) in [6.45, 7) is 3.77. The number of rotatable bonds is 5. The van der Waals surface area contributed by atoms with Crippen LogP contribution in [-0.2, 0) is 9.47 Å². The zero-order valence-corrected chi connectivity index (χ0v) is 16.1. The summed E-state index contributed by atoms with van der Waals surface area (Å²) in [5.74, 6) is 1.63. The van der Waals surface area contributed by atoms with Gasteiger partial charge in [0.05, 0.1) is 26.0 Å². The molecule has 2 aliphatic rings. The number of ether oxygens (including phenoxy) is 2. The van der Waals surface area contributed by atoms with Gasteiger partial charge in [-0.2, -0.15) is 11.8 Å². The second-order valence-corrected chi connectivity index (χ2v) is 7.76. The first-order valence-corrected chi connectivity index (χ1v) is 10.1. The van der Waals surface area contributed by atoms with Crippen molar-refractivity contribution in [3.05, 3.63) is 23.8 Å². The van der Waals surface area contributed by atoms with Crippen molar-refractivity contribution < 1.29 is 24.2 Å². The van der Waals surface area contributed by atoms with Gasteiger partial charge in [0.25, 0.3) is 5.91 Å². The third-order valence-electron chi connectivity index (χ3n) is 5.02. The Morgan fingerprint density at radius 3 is 2.78 bits per heavy atom. The van der Waals surface area contributed by atoms with E-state index in [2.05, 4.69) is 20.3 Å². The summed E-state index contributed by atoms with van der Waals surface area (Å²) >= 11 is 1.91. The molecule has 0 saturated carbocycles. The molecule has 3 N–H and O–H groups in total. The quantitative estimate of drug-likeness (QED) is 0.650. The molecule has 2 saturated heterocycles. The van der Waals surface area contributed by atoms with Gasteiger partial charge in [0.1, 0.15) is 5.75 Å². The molecule has 0 radical (unpaired) electrons. The van der Waals surface area contributed by atoms with Gasteiger partial charge in [-0.25, -0.2) is 4.79 Å². The van der Waals surface area contributed by atoms with E-state index in [9.17, 15) is 14.7 Å². The lowest BCUT2D eigenvalue weighted by molar-refractivity contribution is -0.0129. The van der Waals surface area contributed by atoms with Gasteiger partial charge >= 0.3 is 6.09 Å². The average Bonchev–Trinajstić information content (AvgIpc) is 3.18. The number of anilines is 1. The minimum atomic E-state index is -0.686. The number of nitrogens with one attached hydrogen (secondary N) is 2. The fourth-order valence-electron chi connectivity index (χ4n) is 3.42. The SMILES string of the molecule is COC(=O)Nc1ccc(C(=O)NCC2(N3CCOCC3)CCSC2)cc1O. The zero-order chi connectivity index (χ0) is 19.3. The Hall–Kier alpha value is -1.97. The first kappa shape index (κ1) is 19.8. The third kappa shape index (κ3) is 4.66. The largest absolute Gasteiger partial charge is 0.506 e. The summed E-state index contributed by atoms with van der Waals surface area (Å²) in [6.07, 6.45) is 0.347. The highest BCUT2D eigenvalue weighted by molar-refractivity contribution is 7.99. The molecule has 1 atom stereocenters. The smallest absolute Gasteiger partial charge is 0.411 e. The van der Waals surface area contributed by atoms with Gasteiger partial charge in [0.15, 0.2) is 0 Å². The zero-order valence-electron chi connectivity index (χ0n) is 15.3. The Morgan fingerprint density at radius 1 is 1.37 bits per heavy atom. The fourth-order valence-corrected chi connectivity index (χ4v) is 4.90. The predicted molar refractivity (Wildman–Crippen MR) is 104 cm³/mol. The van der Waals surface area contributed by atoms with Gasteiger partial charge in [-0.1, -0.05) is 0 Å². The van der Waals surface area contributed by atoms with Crippen LogP contribution in [0.25, 0.3) is 0 Å². The van der Waals surface area contributed by atoms with Crippen LogP contribution >= 0.6 is 11.8 Å². The molecule has 2 fully saturated rings. The maximum Gasteiger partial charge on any atom is 0.411 e. The van der Waals surface area contributed by atoms with E-state index in [1.165, 1.54) is 19.2 Å². The minimum Gasteiger partial charge on any atom is -0.506 e. The number of nitrogens with zero attached hydrogens (tertiary/aromatic N) is 1. The Bertz CT molecular complexity index is 688. The van der Waals surface area contributed by atoms with Crippen LogP contribution in [0.4, 0.5) is 10.5 Å². The van der Waals surface area contributed by atoms with E-state index >= 15 is 0 Å². The number of amides is 2. The number of phenols is 1. The number of hydrogen-bond donors (Lipinski definition) is 3. The monoisotopic (exact) mass is 395 g/mol. The molecule has 0 aliphatic carbocycles. The van der Waals surface area contributed by atoms with Crippen molar-refractivity contribution in [3.63, 3.8) is 0 Å². The van der Waals surface area contributed by atoms with Crippen molar-refractivity contribution in [3.8, 4) is 5.75 Å². The van der Waals surface area contributed by atoms with Crippen LogP contribution in [0.1, 0.15) is 16.8 Å². The van der Waals surface area contributed by atoms with Crippen molar-refractivity contribution in [1.82, 2.24) is 10.2 Å². The maximum atomic E-state index is 12.6. The number of carbonyl (C=O) groups excluding carboxylic acids is 2. The maximum absolute atomic E-state index is 12.6. The molecule has 2 amide bonds. The minimum absolute atomic E-state index is 0.0431. The number of thioether (sulfide) groups is 1. The van der Waals surface area contributed by atoms with Crippen LogP contribution in [0, 0.1) is 0 Å². The predicted octanol–water partition coefficient (Wildman–Crippen LogP) is 1.51. The molecule has 2 heterocycles. The first-order valence-electron chi connectivity index (χ1n) is 8.91. The van der Waals surface area contributed by atoms with Crippen LogP contribution in [0.15, 0.2) is 18.2 Å². The van der Waals surface area contributed by atoms with Gasteiger partial charge in [-0.3, -0.25) is 15.0 Å². The standard InChI is InChI=1S/C18H25N3O5S/c1-25-17(24)20-14-3-2-13(10-15(14)22)16(23)19-11-18(4-9-27-12-18)21-5-7-26-8-6-21/h2-3,10,22H,4-9,11-12H2,1H3,(H,19,23)(H,20,24). The van der Waals surface area contributed by atoms with Crippen molar-refractivity contribution in [2.24, 2.45) is 0 Å². The Labute approximate surface area is 162 Å². The molecule has 1 unspecified atom stereocenters. The fraction of sp³-hybridized carbons (Fsp3) is 0.556. The summed E-state index contributed by atoms with van der Waals surface area (Å²) < 4.78 is 9.95. The summed E-state index contributed by atoms with van der Waals surface area (Å²) in [6, 6.07) is 4.38. The van der Waals surface area contributed by atoms with Crippen LogP contribution in [0.3, 0.4) is 0 Å². The van der Waals surface area contributed by atoms with Crippen molar-refractivity contribution >= 4 is 29.4 Å². The molecule has 0 bridgehead atoms. The molecule has 8 nitrogen and oxygen atoms in total. The molecule has 0 spiro atoms. The second-order valence-electron chi connectivity index (χ2n) is 6.66. The van der Waals surface area contributed by atoms with Gasteiger partial charge in [0, 0.05) is 36.5 Å². The van der Waals surface area contributed by atoms with Crippen LogP contribution in [-0.4, -0.2) is 79.0 Å². The van der Waals surface area contributed by atoms with Gasteiger partial charge < -0.3 is 19.9 Å². The van der Waals surface area contributed by atoms with Crippen molar-refractivity contribution in [2.75, 3.05) is 56.8 Å². The lowest BCUT2D eigenvalue weighted by Gasteiger charge is -2.43. The van der Waals surface area contributed by atoms with E-state index < -0.39 is 6.09 Å². The highest BCUT2D eigenvalue weighted by Crippen LogP contribution is 2.33. The number of hydrogen-bond acceptors (Lipinski definition) is 7. The summed E-state index contributed by atoms with van der Waals surface area (Å²) in [5, 5.41) is 15.5. The highest BCUT2D eigenvalue weighted by atomic mass is 32.2. The molecule has 1 aromatic carbocycles. The van der Waals surface area contributed by atoms with E-state index in [4.69, 9.17) is 4.74 Å². The summed E-state index contributed by atoms with van der Waals surface area (Å²) in [7, 11) is 1.24. The molecule has 2 aliphatic heterocycles. The molecule has 1 aromatic rings. The van der Waals surface area contributed by atoms with Crippen LogP contribution in [0.2, 0.25) is 0 Å². The molecule has 0 aromatic heterocycles. The molecular formula is C18H25N3O5S. The molecule has 9 heteroatoms. The van der Waals surface area contributed by atoms with Crippen LogP contribution < -0.4 is 10.6 Å². The van der Waals surface area contributed by atoms with Crippen LogP contribution in [0.5, 0.6) is 5.75 Å². The van der Waals surface area contributed by atoms with E-state index in [0.29, 0.717) is 12.1 Å². The molecule has 27 heavy (non-hydrogen) atoms. The Morgan fingerprint density at radius 2 is 2.15 bits per heavy atom. The molecule has 148 valence electrons. The molecular weight excluding hydrogens is 370 g/mol. The first-order chi connectivity index (χ1) is 13.0. The summed E-state index contributed by atoms with van der Waals surface area (Å²) in [4.78, 5) is 26.3. The number of morpholine rings is 1. The second kappa shape index (κ2) is 8.81. The van der Waals surface area contributed by atoms with E-state index in [0.717, 1.165) is 44.2 Å². The normalized spacial score (nSPS) is 23.0. The Kier molecular flexibility index (Phi) is 6.46. The number of phenolic OH excluding ortho intramolecular Hbond substituents is 1. The highest BCUT2D eigenvalue weighted by Gasteiger charge is 2.40. The average molecular weight is 395 g/mol. The lowest BCUT2D eigenvalue weighted by Crippen LogP contribution is -2.59. The van der Waals surface area contributed by atoms with Crippen molar-refractivity contribution in [1.29, 1.82) is 0 Å². The topological polar surface area (TPSA) is 100 Å². The Balaban J connectivity index is 1.64. The molecule has 3 rings (SSSR count). The summed E-state index contributed by atoms with van der Waals surface area (Å²) in [5.41, 5.74) is 0.486. The van der Waals surface area contributed by atoms with Crippen molar-refractivity contribution in [2.45, 2.75) is 12.0 Å². The number of carbonyl (C=O) groups is 2. The number of methoxy groups -OCH3 is 1. The van der Waals surface area contributed by atoms with Gasteiger partial charge in [0.2, 0.25) is 0 Å². The van der Waals surface area contributed by atoms with E-state index in [-0.39, 0.29) is 22.9 Å². The number of aromatic hydroxyl groups is 1. The van der Waals surface area contributed by atoms with E-state index in [1.54, 1.807) is 6.07 Å². The third-order valence-corrected chi connectivity index (χ3v) is 6.26.